The van der Waals surface area contributed by atoms with E-state index in [1.807, 2.05) is 0 Å². The summed E-state index contributed by atoms with van der Waals surface area (Å²) in [4.78, 5) is 14.2. The third-order valence-electron chi connectivity index (χ3n) is 2.62. The molecule has 19 heavy (non-hydrogen) atoms. The van der Waals surface area contributed by atoms with Gasteiger partial charge in [0.15, 0.2) is 0 Å². The van der Waals surface area contributed by atoms with Crippen molar-refractivity contribution in [3.8, 4) is 0 Å². The van der Waals surface area contributed by atoms with Crippen LogP contribution >= 0.6 is 0 Å². The van der Waals surface area contributed by atoms with Crippen LogP contribution in [-0.4, -0.2) is 29.2 Å². The second-order valence-corrected chi connectivity index (χ2v) is 11.3. The van der Waals surface area contributed by atoms with Gasteiger partial charge in [-0.05, 0) is 6.04 Å². The topological polar surface area (TPSA) is 70.2 Å². The summed E-state index contributed by atoms with van der Waals surface area (Å²) >= 11 is 0. The van der Waals surface area contributed by atoms with Crippen molar-refractivity contribution in [3.05, 3.63) is 34.0 Å². The monoisotopic (exact) mass is 283 g/mol. The third-order valence-corrected chi connectivity index (χ3v) is 4.32. The molecule has 0 atom stereocenters. The average molecular weight is 283 g/mol. The SMILES string of the molecule is C/C(=C\c1cncn1COCC[Si](C)(C)C)[N+](=O)[O-]. The van der Waals surface area contributed by atoms with E-state index >= 15 is 0 Å². The molecule has 0 aliphatic carbocycles. The Bertz CT molecular complexity index is 463. The first-order chi connectivity index (χ1) is 8.79. The lowest BCUT2D eigenvalue weighted by atomic mass is 10.3. The molecule has 1 aromatic rings. The van der Waals surface area contributed by atoms with Crippen LogP contribution in [-0.2, 0) is 11.5 Å². The molecule has 0 aromatic carbocycles. The molecule has 0 saturated heterocycles. The van der Waals surface area contributed by atoms with E-state index in [-0.39, 0.29) is 5.70 Å². The van der Waals surface area contributed by atoms with Gasteiger partial charge in [-0.1, -0.05) is 19.6 Å². The number of ether oxygens (including phenoxy) is 1. The number of rotatable bonds is 7. The summed E-state index contributed by atoms with van der Waals surface area (Å²) in [6.45, 7) is 9.43. The lowest BCUT2D eigenvalue weighted by Crippen LogP contribution is -2.22. The largest absolute Gasteiger partial charge is 0.361 e. The van der Waals surface area contributed by atoms with Gasteiger partial charge < -0.3 is 9.30 Å². The molecule has 0 unspecified atom stereocenters. The second kappa shape index (κ2) is 6.62. The molecule has 0 saturated carbocycles. The van der Waals surface area contributed by atoms with E-state index in [1.165, 1.54) is 13.0 Å². The van der Waals surface area contributed by atoms with Crippen molar-refractivity contribution in [3.63, 3.8) is 0 Å². The summed E-state index contributed by atoms with van der Waals surface area (Å²) in [5, 5.41) is 10.6. The molecule has 1 aromatic heterocycles. The highest BCUT2D eigenvalue weighted by Gasteiger charge is 2.12. The zero-order valence-electron chi connectivity index (χ0n) is 11.9. The van der Waals surface area contributed by atoms with Gasteiger partial charge in [0.05, 0.1) is 23.1 Å². The first-order valence-electron chi connectivity index (χ1n) is 6.20. The van der Waals surface area contributed by atoms with E-state index in [4.69, 9.17) is 4.74 Å². The van der Waals surface area contributed by atoms with Crippen LogP contribution in [0.25, 0.3) is 6.08 Å². The highest BCUT2D eigenvalue weighted by molar-refractivity contribution is 6.76. The van der Waals surface area contributed by atoms with Gasteiger partial charge in [-0.3, -0.25) is 10.1 Å². The van der Waals surface area contributed by atoms with Crippen LogP contribution in [0.15, 0.2) is 18.2 Å². The Balaban J connectivity index is 2.54. The predicted molar refractivity (Wildman–Crippen MR) is 77.0 cm³/mol. The molecule has 0 N–H and O–H groups in total. The smallest absolute Gasteiger partial charge is 0.245 e. The van der Waals surface area contributed by atoms with Gasteiger partial charge >= 0.3 is 0 Å². The van der Waals surface area contributed by atoms with Crippen molar-refractivity contribution in [2.24, 2.45) is 0 Å². The minimum Gasteiger partial charge on any atom is -0.361 e. The summed E-state index contributed by atoms with van der Waals surface area (Å²) in [6.07, 6.45) is 4.71. The molecule has 0 fully saturated rings. The first kappa shape index (κ1) is 15.6. The number of nitrogens with zero attached hydrogens (tertiary/aromatic N) is 3. The lowest BCUT2D eigenvalue weighted by molar-refractivity contribution is -0.422. The van der Waals surface area contributed by atoms with Gasteiger partial charge in [0.2, 0.25) is 5.70 Å². The van der Waals surface area contributed by atoms with Crippen molar-refractivity contribution in [2.75, 3.05) is 6.61 Å². The fourth-order valence-corrected chi connectivity index (χ4v) is 2.12. The number of imidazole rings is 1. The molecule has 0 amide bonds. The number of nitro groups is 1. The molecule has 106 valence electrons. The Morgan fingerprint density at radius 3 is 2.84 bits per heavy atom. The van der Waals surface area contributed by atoms with E-state index in [9.17, 15) is 10.1 Å². The van der Waals surface area contributed by atoms with Crippen molar-refractivity contribution >= 4 is 14.1 Å². The number of aromatic nitrogens is 2. The van der Waals surface area contributed by atoms with Gasteiger partial charge in [-0.25, -0.2) is 4.98 Å². The molecule has 0 bridgehead atoms. The third kappa shape index (κ3) is 5.80. The Hall–Kier alpha value is -1.47. The molecule has 0 aliphatic heterocycles. The fraction of sp³-hybridized carbons (Fsp3) is 0.583. The van der Waals surface area contributed by atoms with Gasteiger partial charge in [0.1, 0.15) is 6.73 Å². The van der Waals surface area contributed by atoms with Crippen LogP contribution in [0.3, 0.4) is 0 Å². The van der Waals surface area contributed by atoms with Crippen LogP contribution in [0.2, 0.25) is 25.7 Å². The van der Waals surface area contributed by atoms with Crippen LogP contribution in [0, 0.1) is 10.1 Å². The molecule has 1 heterocycles. The Labute approximate surface area is 114 Å². The van der Waals surface area contributed by atoms with Crippen LogP contribution in [0.1, 0.15) is 12.6 Å². The molecule has 0 aliphatic rings. The minimum atomic E-state index is -1.09. The van der Waals surface area contributed by atoms with Crippen LogP contribution in [0.5, 0.6) is 0 Å². The molecule has 0 spiro atoms. The Morgan fingerprint density at radius 2 is 2.26 bits per heavy atom. The van der Waals surface area contributed by atoms with Gasteiger partial charge in [-0.15, -0.1) is 0 Å². The fourth-order valence-electron chi connectivity index (χ4n) is 1.37. The van der Waals surface area contributed by atoms with Gasteiger partial charge in [-0.2, -0.15) is 0 Å². The predicted octanol–water partition coefficient (Wildman–Crippen LogP) is 2.83. The lowest BCUT2D eigenvalue weighted by Gasteiger charge is -2.15. The van der Waals surface area contributed by atoms with Crippen LogP contribution in [0.4, 0.5) is 0 Å². The van der Waals surface area contributed by atoms with Gasteiger partial charge in [0.25, 0.3) is 0 Å². The minimum absolute atomic E-state index is 0.0869. The first-order valence-corrected chi connectivity index (χ1v) is 9.91. The van der Waals surface area contributed by atoms with Crippen molar-refractivity contribution < 1.29 is 9.66 Å². The summed E-state index contributed by atoms with van der Waals surface area (Å²) in [5.74, 6) is 0. The second-order valence-electron chi connectivity index (χ2n) is 5.68. The highest BCUT2D eigenvalue weighted by atomic mass is 28.3. The zero-order chi connectivity index (χ0) is 14.5. The Morgan fingerprint density at radius 1 is 1.58 bits per heavy atom. The number of hydrogen-bond acceptors (Lipinski definition) is 4. The summed E-state index contributed by atoms with van der Waals surface area (Å²) in [7, 11) is -1.09. The highest BCUT2D eigenvalue weighted by Crippen LogP contribution is 2.10. The van der Waals surface area contributed by atoms with Gasteiger partial charge in [0, 0.05) is 27.7 Å². The zero-order valence-corrected chi connectivity index (χ0v) is 12.9. The summed E-state index contributed by atoms with van der Waals surface area (Å²) < 4.78 is 7.36. The molecule has 1 rings (SSSR count). The molecular formula is C12H21N3O3Si. The normalized spacial score (nSPS) is 12.7. The quantitative estimate of drug-likeness (QED) is 0.334. The average Bonchev–Trinajstić information content (AvgIpc) is 2.70. The Kier molecular flexibility index (Phi) is 5.43. The van der Waals surface area contributed by atoms with E-state index in [2.05, 4.69) is 24.6 Å². The summed E-state index contributed by atoms with van der Waals surface area (Å²) in [6, 6.07) is 1.10. The summed E-state index contributed by atoms with van der Waals surface area (Å²) in [5.41, 5.74) is 0.769. The van der Waals surface area contributed by atoms with E-state index in [1.54, 1.807) is 17.1 Å². The maximum Gasteiger partial charge on any atom is 0.245 e. The molecule has 0 radical (unpaired) electrons. The number of hydrogen-bond donors (Lipinski definition) is 0. The van der Waals surface area contributed by atoms with E-state index < -0.39 is 13.0 Å². The maximum atomic E-state index is 10.6. The standard InChI is InChI=1S/C12H21N3O3Si/c1-11(15(16)17)7-12-8-13-9-14(12)10-18-5-6-19(2,3)4/h7-9H,5-6,10H2,1-4H3/b11-7+. The maximum absolute atomic E-state index is 10.6. The van der Waals surface area contributed by atoms with E-state index in [0.29, 0.717) is 19.0 Å². The van der Waals surface area contributed by atoms with Crippen LogP contribution < -0.4 is 0 Å². The molecule has 6 nitrogen and oxygen atoms in total. The molecule has 7 heteroatoms. The molecular weight excluding hydrogens is 262 g/mol. The van der Waals surface area contributed by atoms with Crippen molar-refractivity contribution in [1.82, 2.24) is 9.55 Å². The van der Waals surface area contributed by atoms with E-state index in [0.717, 1.165) is 6.04 Å². The number of allylic oxidation sites excluding steroid dienone is 1. The van der Waals surface area contributed by atoms with Crippen molar-refractivity contribution in [1.29, 1.82) is 0 Å². The van der Waals surface area contributed by atoms with Crippen molar-refractivity contribution in [2.45, 2.75) is 39.3 Å².